The quantitative estimate of drug-likeness (QED) is 0.755. The Hall–Kier alpha value is -0.760. The van der Waals surface area contributed by atoms with Crippen LogP contribution < -0.4 is 0 Å². The van der Waals surface area contributed by atoms with E-state index in [1.807, 2.05) is 11.8 Å². The molecule has 0 unspecified atom stereocenters. The largest absolute Gasteiger partial charge is 0.298 e. The zero-order valence-electron chi connectivity index (χ0n) is 12.0. The normalized spacial score (nSPS) is 16.2. The number of hydrogen-bond donors (Lipinski definition) is 0. The first-order valence-corrected chi connectivity index (χ1v) is 8.42. The lowest BCUT2D eigenvalue weighted by molar-refractivity contribution is -0.116. The summed E-state index contributed by atoms with van der Waals surface area (Å²) in [4.78, 5) is 12.0. The molecule has 0 atom stereocenters. The third kappa shape index (κ3) is 4.68. The molecule has 2 rings (SSSR count). The molecule has 104 valence electrons. The van der Waals surface area contributed by atoms with Crippen molar-refractivity contribution in [2.24, 2.45) is 0 Å². The smallest absolute Gasteiger partial charge is 0.147 e. The third-order valence-corrected chi connectivity index (χ3v) is 5.26. The van der Waals surface area contributed by atoms with Gasteiger partial charge in [-0.2, -0.15) is 11.8 Å². The minimum Gasteiger partial charge on any atom is -0.298 e. The Labute approximate surface area is 121 Å². The molecule has 19 heavy (non-hydrogen) atoms. The molecule has 0 aromatic heterocycles. The summed E-state index contributed by atoms with van der Waals surface area (Å²) in [5, 5.41) is 0.743. The lowest BCUT2D eigenvalue weighted by Crippen LogP contribution is -2.09. The van der Waals surface area contributed by atoms with E-state index >= 15 is 0 Å². The monoisotopic (exact) mass is 276 g/mol. The van der Waals surface area contributed by atoms with Gasteiger partial charge in [-0.1, -0.05) is 51.0 Å². The van der Waals surface area contributed by atoms with Gasteiger partial charge >= 0.3 is 0 Å². The minimum atomic E-state index is 0.370. The van der Waals surface area contributed by atoms with Crippen LogP contribution in [0.2, 0.25) is 0 Å². The number of Topliss-reactive ketones (excluding diaryl/α,β-unsaturated/α-hetero) is 1. The number of carbonyl (C=O) groups is 1. The second-order valence-electron chi connectivity index (χ2n) is 5.83. The molecule has 0 aliphatic heterocycles. The zero-order valence-corrected chi connectivity index (χ0v) is 12.8. The van der Waals surface area contributed by atoms with Crippen LogP contribution in [0.3, 0.4) is 0 Å². The lowest BCUT2D eigenvalue weighted by atomic mass is 10.0. The molecule has 0 saturated heterocycles. The van der Waals surface area contributed by atoms with Gasteiger partial charge in [0.15, 0.2) is 0 Å². The van der Waals surface area contributed by atoms with E-state index in [-0.39, 0.29) is 0 Å². The van der Waals surface area contributed by atoms with Gasteiger partial charge in [0, 0.05) is 11.7 Å². The van der Waals surface area contributed by atoms with Crippen molar-refractivity contribution in [3.63, 3.8) is 0 Å². The summed E-state index contributed by atoms with van der Waals surface area (Å²) in [6.45, 7) is 4.39. The molecule has 1 aliphatic rings. The second-order valence-corrected chi connectivity index (χ2v) is 7.12. The molecule has 0 spiro atoms. The highest BCUT2D eigenvalue weighted by Crippen LogP contribution is 2.29. The first kappa shape index (κ1) is 14.6. The van der Waals surface area contributed by atoms with E-state index in [1.54, 1.807) is 0 Å². The third-order valence-electron chi connectivity index (χ3n) is 3.83. The first-order valence-electron chi connectivity index (χ1n) is 7.37. The van der Waals surface area contributed by atoms with E-state index in [9.17, 15) is 4.79 Å². The molecule has 1 saturated carbocycles. The molecule has 0 radical (unpaired) electrons. The summed E-state index contributed by atoms with van der Waals surface area (Å²) in [5.74, 6) is 1.62. The van der Waals surface area contributed by atoms with Gasteiger partial charge in [0.25, 0.3) is 0 Å². The maximum Gasteiger partial charge on any atom is 0.147 e. The molecule has 0 amide bonds. The van der Waals surface area contributed by atoms with Crippen molar-refractivity contribution in [2.45, 2.75) is 57.1 Å². The minimum absolute atomic E-state index is 0.370. The summed E-state index contributed by atoms with van der Waals surface area (Å²) in [7, 11) is 0. The van der Waals surface area contributed by atoms with E-state index in [0.29, 0.717) is 23.9 Å². The maximum absolute atomic E-state index is 12.0. The molecule has 1 nitrogen and oxygen atoms in total. The van der Waals surface area contributed by atoms with E-state index in [2.05, 4.69) is 38.1 Å². The molecule has 0 heterocycles. The molecule has 2 heteroatoms. The Morgan fingerprint density at radius 3 is 2.42 bits per heavy atom. The second kappa shape index (κ2) is 7.14. The molecule has 1 fully saturated rings. The Morgan fingerprint density at radius 1 is 1.21 bits per heavy atom. The maximum atomic E-state index is 12.0. The Kier molecular flexibility index (Phi) is 5.50. The van der Waals surface area contributed by atoms with Crippen LogP contribution in [0.1, 0.15) is 56.6 Å². The van der Waals surface area contributed by atoms with E-state index < -0.39 is 0 Å². The highest BCUT2D eigenvalue weighted by Gasteiger charge is 2.16. The average molecular weight is 276 g/mol. The van der Waals surface area contributed by atoms with Crippen molar-refractivity contribution >= 4 is 17.5 Å². The number of thioether (sulfide) groups is 1. The van der Waals surface area contributed by atoms with Crippen molar-refractivity contribution in [2.75, 3.05) is 5.75 Å². The topological polar surface area (TPSA) is 17.1 Å². The van der Waals surface area contributed by atoms with Crippen LogP contribution in [0.25, 0.3) is 0 Å². The SMILES string of the molecule is CC(C)c1ccc(CC(=O)CSC2CCCC2)cc1. The van der Waals surface area contributed by atoms with Crippen LogP contribution in [0.5, 0.6) is 0 Å². The summed E-state index contributed by atoms with van der Waals surface area (Å²) < 4.78 is 0. The van der Waals surface area contributed by atoms with Gasteiger partial charge in [-0.3, -0.25) is 4.79 Å². The number of ketones is 1. The van der Waals surface area contributed by atoms with Gasteiger partial charge in [0.2, 0.25) is 0 Å². The lowest BCUT2D eigenvalue weighted by Gasteiger charge is -2.09. The number of hydrogen-bond acceptors (Lipinski definition) is 2. The summed E-state index contributed by atoms with van der Waals surface area (Å²) in [6.07, 6.45) is 5.91. The fraction of sp³-hybridized carbons (Fsp3) is 0.588. The van der Waals surface area contributed by atoms with Gasteiger partial charge in [0.1, 0.15) is 5.78 Å². The van der Waals surface area contributed by atoms with Crippen molar-refractivity contribution < 1.29 is 4.79 Å². The first-order chi connectivity index (χ1) is 9.15. The predicted molar refractivity (Wildman–Crippen MR) is 84.0 cm³/mol. The van der Waals surface area contributed by atoms with Crippen molar-refractivity contribution in [1.82, 2.24) is 0 Å². The molecular formula is C17H24OS. The molecular weight excluding hydrogens is 252 g/mol. The number of benzene rings is 1. The predicted octanol–water partition coefficient (Wildman–Crippen LogP) is 4.60. The highest BCUT2D eigenvalue weighted by atomic mass is 32.2. The van der Waals surface area contributed by atoms with Crippen LogP contribution in [0.15, 0.2) is 24.3 Å². The Bertz CT molecular complexity index is 402. The van der Waals surface area contributed by atoms with E-state index in [1.165, 1.54) is 31.2 Å². The van der Waals surface area contributed by atoms with E-state index in [4.69, 9.17) is 0 Å². The van der Waals surface area contributed by atoms with Crippen LogP contribution in [0.4, 0.5) is 0 Å². The Balaban J connectivity index is 1.77. The molecule has 0 bridgehead atoms. The molecule has 1 aromatic carbocycles. The summed E-state index contributed by atoms with van der Waals surface area (Å²) in [5.41, 5.74) is 2.50. The Morgan fingerprint density at radius 2 is 1.84 bits per heavy atom. The highest BCUT2D eigenvalue weighted by molar-refractivity contribution is 8.00. The van der Waals surface area contributed by atoms with E-state index in [0.717, 1.165) is 10.8 Å². The molecule has 1 aromatic rings. The fourth-order valence-electron chi connectivity index (χ4n) is 2.56. The number of carbonyl (C=O) groups excluding carboxylic acids is 1. The van der Waals surface area contributed by atoms with Crippen LogP contribution in [-0.2, 0) is 11.2 Å². The average Bonchev–Trinajstić information content (AvgIpc) is 2.90. The van der Waals surface area contributed by atoms with Crippen molar-refractivity contribution in [3.8, 4) is 0 Å². The van der Waals surface area contributed by atoms with Gasteiger partial charge < -0.3 is 0 Å². The van der Waals surface area contributed by atoms with Gasteiger partial charge in [0.05, 0.1) is 5.75 Å². The zero-order chi connectivity index (χ0) is 13.7. The van der Waals surface area contributed by atoms with Gasteiger partial charge in [-0.05, 0) is 29.9 Å². The fourth-order valence-corrected chi connectivity index (χ4v) is 3.76. The molecule has 1 aliphatic carbocycles. The van der Waals surface area contributed by atoms with Crippen molar-refractivity contribution in [3.05, 3.63) is 35.4 Å². The molecule has 0 N–H and O–H groups in total. The van der Waals surface area contributed by atoms with Gasteiger partial charge in [-0.15, -0.1) is 0 Å². The van der Waals surface area contributed by atoms with Crippen LogP contribution in [-0.4, -0.2) is 16.8 Å². The van der Waals surface area contributed by atoms with Crippen molar-refractivity contribution in [1.29, 1.82) is 0 Å². The standard InChI is InChI=1S/C17H24OS/c1-13(2)15-9-7-14(8-10-15)11-16(18)12-19-17-5-3-4-6-17/h7-10,13,17H,3-6,11-12H2,1-2H3. The number of rotatable bonds is 6. The van der Waals surface area contributed by atoms with Gasteiger partial charge in [-0.25, -0.2) is 0 Å². The summed E-state index contributed by atoms with van der Waals surface area (Å²) >= 11 is 1.87. The summed E-state index contributed by atoms with van der Waals surface area (Å²) in [6, 6.07) is 8.51. The van der Waals surface area contributed by atoms with Crippen LogP contribution in [0, 0.1) is 0 Å². The van der Waals surface area contributed by atoms with Crippen LogP contribution >= 0.6 is 11.8 Å².